The third kappa shape index (κ3) is 3.25. The van der Waals surface area contributed by atoms with Crippen LogP contribution in [0.3, 0.4) is 0 Å². The minimum atomic E-state index is -0.242. The first-order chi connectivity index (χ1) is 10.9. The minimum Gasteiger partial charge on any atom is -0.465 e. The van der Waals surface area contributed by atoms with Crippen molar-refractivity contribution in [1.82, 2.24) is 0 Å². The first kappa shape index (κ1) is 16.7. The number of fused-ring (bicyclic) bond motifs is 1. The summed E-state index contributed by atoms with van der Waals surface area (Å²) < 4.78 is 11.9. The maximum Gasteiger partial charge on any atom is 0.310 e. The highest BCUT2D eigenvalue weighted by Crippen LogP contribution is 2.57. The molecular formula is C18H30NO4+. The summed E-state index contributed by atoms with van der Waals surface area (Å²) in [5.74, 6) is -0.227. The lowest BCUT2D eigenvalue weighted by atomic mass is 9.80. The lowest BCUT2D eigenvalue weighted by Crippen LogP contribution is -2.41. The van der Waals surface area contributed by atoms with Gasteiger partial charge in [0.15, 0.2) is 0 Å². The van der Waals surface area contributed by atoms with Gasteiger partial charge in [0, 0.05) is 12.3 Å². The molecule has 0 radical (unpaired) electrons. The third-order valence-corrected chi connectivity index (χ3v) is 6.02. The molecule has 1 saturated heterocycles. The van der Waals surface area contributed by atoms with E-state index < -0.39 is 0 Å². The molecule has 3 aliphatic rings. The van der Waals surface area contributed by atoms with Gasteiger partial charge in [0.05, 0.1) is 45.6 Å². The molecule has 2 saturated carbocycles. The molecule has 0 amide bonds. The zero-order chi connectivity index (χ0) is 16.6. The van der Waals surface area contributed by atoms with Crippen molar-refractivity contribution in [1.29, 1.82) is 0 Å². The van der Waals surface area contributed by atoms with Crippen LogP contribution in [0.5, 0.6) is 0 Å². The highest BCUT2D eigenvalue weighted by molar-refractivity contribution is 5.85. The lowest BCUT2D eigenvalue weighted by Gasteiger charge is -2.30. The molecule has 3 fully saturated rings. The van der Waals surface area contributed by atoms with Gasteiger partial charge >= 0.3 is 11.9 Å². The Morgan fingerprint density at radius 1 is 1.26 bits per heavy atom. The molecule has 5 heteroatoms. The van der Waals surface area contributed by atoms with Crippen LogP contribution in [0.15, 0.2) is 0 Å². The van der Waals surface area contributed by atoms with E-state index in [-0.39, 0.29) is 35.8 Å². The average molecular weight is 324 g/mol. The summed E-state index contributed by atoms with van der Waals surface area (Å²) >= 11 is 0. The van der Waals surface area contributed by atoms with Crippen molar-refractivity contribution in [3.8, 4) is 0 Å². The van der Waals surface area contributed by atoms with E-state index in [4.69, 9.17) is 9.47 Å². The molecule has 0 aromatic rings. The zero-order valence-electron chi connectivity index (χ0n) is 14.6. The Hall–Kier alpha value is -1.10. The van der Waals surface area contributed by atoms with Crippen LogP contribution in [-0.2, 0) is 19.1 Å². The maximum atomic E-state index is 12.4. The van der Waals surface area contributed by atoms with Crippen molar-refractivity contribution in [3.05, 3.63) is 0 Å². The van der Waals surface area contributed by atoms with Crippen LogP contribution in [0.4, 0.5) is 0 Å². The van der Waals surface area contributed by atoms with E-state index in [0.717, 1.165) is 36.8 Å². The Kier molecular flexibility index (Phi) is 4.68. The Morgan fingerprint density at radius 2 is 2.00 bits per heavy atom. The van der Waals surface area contributed by atoms with Gasteiger partial charge in [-0.2, -0.15) is 0 Å². The fourth-order valence-electron chi connectivity index (χ4n) is 4.78. The van der Waals surface area contributed by atoms with Crippen LogP contribution in [0.2, 0.25) is 0 Å². The number of unbranched alkanes of at least 4 members (excludes halogenated alkanes) is 1. The number of carbonyl (C=O) groups is 2. The summed E-state index contributed by atoms with van der Waals surface area (Å²) in [6, 6.07) is 0. The molecular weight excluding hydrogens is 294 g/mol. The highest BCUT2D eigenvalue weighted by atomic mass is 16.6. The standard InChI is InChI=1S/C18H30NO4/c1-4-5-7-19(2,3)8-6-9-22-17(20)15-12-10-13-14(11-12)23-18(21)16(13)15/h12-16H,4-11H2,1-3H3/q+1/t12-,13-,14+,15-,16-/m0/s1. The number of hydrogen-bond donors (Lipinski definition) is 0. The number of esters is 2. The van der Waals surface area contributed by atoms with Crippen LogP contribution in [0.25, 0.3) is 0 Å². The molecule has 5 atom stereocenters. The molecule has 0 aromatic carbocycles. The van der Waals surface area contributed by atoms with Gasteiger partial charge in [-0.1, -0.05) is 13.3 Å². The van der Waals surface area contributed by atoms with Crippen LogP contribution in [0.1, 0.15) is 39.0 Å². The molecule has 0 spiro atoms. The molecule has 5 nitrogen and oxygen atoms in total. The molecule has 2 aliphatic carbocycles. The van der Waals surface area contributed by atoms with Gasteiger partial charge in [-0.15, -0.1) is 0 Å². The monoisotopic (exact) mass is 324 g/mol. The van der Waals surface area contributed by atoms with E-state index in [0.29, 0.717) is 12.5 Å². The third-order valence-electron chi connectivity index (χ3n) is 6.02. The van der Waals surface area contributed by atoms with Gasteiger partial charge < -0.3 is 14.0 Å². The summed E-state index contributed by atoms with van der Waals surface area (Å²) in [7, 11) is 4.45. The Morgan fingerprint density at radius 3 is 2.74 bits per heavy atom. The number of ether oxygens (including phenoxy) is 2. The molecule has 0 N–H and O–H groups in total. The SMILES string of the molecule is CCCC[N+](C)(C)CCCOC(=O)[C@H]1[C@H]2C[C@@H]3[C@@H]1C(=O)O[C@@H]3C2. The second-order valence-corrected chi connectivity index (χ2v) is 8.18. The second-order valence-electron chi connectivity index (χ2n) is 8.18. The van der Waals surface area contributed by atoms with Crippen LogP contribution in [-0.4, -0.2) is 56.3 Å². The summed E-state index contributed by atoms with van der Waals surface area (Å²) in [6.45, 7) is 4.84. The van der Waals surface area contributed by atoms with Crippen molar-refractivity contribution >= 4 is 11.9 Å². The first-order valence-electron chi connectivity index (χ1n) is 9.12. The average Bonchev–Trinajstić information content (AvgIpc) is 3.11. The summed E-state index contributed by atoms with van der Waals surface area (Å²) in [6.07, 6.45) is 5.21. The number of nitrogens with zero attached hydrogens (tertiary/aromatic N) is 1. The number of rotatable bonds is 8. The van der Waals surface area contributed by atoms with Gasteiger partial charge in [0.25, 0.3) is 0 Å². The fourth-order valence-corrected chi connectivity index (χ4v) is 4.78. The number of hydrogen-bond acceptors (Lipinski definition) is 4. The maximum absolute atomic E-state index is 12.4. The number of carbonyl (C=O) groups excluding carboxylic acids is 2. The van der Waals surface area contributed by atoms with Gasteiger partial charge in [-0.25, -0.2) is 0 Å². The molecule has 23 heavy (non-hydrogen) atoms. The van der Waals surface area contributed by atoms with Crippen LogP contribution < -0.4 is 0 Å². The minimum absolute atomic E-state index is 0.0817. The van der Waals surface area contributed by atoms with E-state index in [1.165, 1.54) is 12.8 Å². The predicted molar refractivity (Wildman–Crippen MR) is 85.4 cm³/mol. The van der Waals surface area contributed by atoms with Gasteiger partial charge in [-0.3, -0.25) is 9.59 Å². The van der Waals surface area contributed by atoms with E-state index in [9.17, 15) is 9.59 Å². The quantitative estimate of drug-likeness (QED) is 0.389. The van der Waals surface area contributed by atoms with Crippen molar-refractivity contribution in [2.24, 2.45) is 23.7 Å². The van der Waals surface area contributed by atoms with Crippen molar-refractivity contribution < 1.29 is 23.5 Å². The van der Waals surface area contributed by atoms with Crippen molar-refractivity contribution in [2.45, 2.75) is 45.1 Å². The Bertz CT molecular complexity index is 474. The second kappa shape index (κ2) is 6.42. The molecule has 130 valence electrons. The normalized spacial score (nSPS) is 34.7. The topological polar surface area (TPSA) is 52.6 Å². The van der Waals surface area contributed by atoms with Gasteiger partial charge in [-0.05, 0) is 25.2 Å². The van der Waals surface area contributed by atoms with Crippen molar-refractivity contribution in [2.75, 3.05) is 33.8 Å². The molecule has 0 aromatic heterocycles. The highest BCUT2D eigenvalue weighted by Gasteiger charge is 2.64. The molecule has 3 rings (SSSR count). The van der Waals surface area contributed by atoms with Crippen LogP contribution >= 0.6 is 0 Å². The Balaban J connectivity index is 1.43. The molecule has 2 bridgehead atoms. The molecule has 1 heterocycles. The van der Waals surface area contributed by atoms with Crippen LogP contribution in [0, 0.1) is 23.7 Å². The largest absolute Gasteiger partial charge is 0.465 e. The van der Waals surface area contributed by atoms with E-state index in [1.807, 2.05) is 0 Å². The lowest BCUT2D eigenvalue weighted by molar-refractivity contribution is -0.890. The molecule has 1 aliphatic heterocycles. The fraction of sp³-hybridized carbons (Fsp3) is 0.889. The molecule has 0 unspecified atom stereocenters. The Labute approximate surface area is 138 Å². The summed E-state index contributed by atoms with van der Waals surface area (Å²) in [5, 5.41) is 0. The first-order valence-corrected chi connectivity index (χ1v) is 9.12. The summed E-state index contributed by atoms with van der Waals surface area (Å²) in [4.78, 5) is 24.4. The van der Waals surface area contributed by atoms with Gasteiger partial charge in [0.1, 0.15) is 6.10 Å². The van der Waals surface area contributed by atoms with E-state index in [1.54, 1.807) is 0 Å². The predicted octanol–water partition coefficient (Wildman–Crippen LogP) is 1.99. The van der Waals surface area contributed by atoms with Crippen molar-refractivity contribution in [3.63, 3.8) is 0 Å². The van der Waals surface area contributed by atoms with E-state index >= 15 is 0 Å². The van der Waals surface area contributed by atoms with Gasteiger partial charge in [0.2, 0.25) is 0 Å². The smallest absolute Gasteiger partial charge is 0.310 e. The van der Waals surface area contributed by atoms with E-state index in [2.05, 4.69) is 21.0 Å². The summed E-state index contributed by atoms with van der Waals surface area (Å²) in [5.41, 5.74) is 0. The number of quaternary nitrogens is 1. The zero-order valence-corrected chi connectivity index (χ0v) is 14.6.